The lowest BCUT2D eigenvalue weighted by Crippen LogP contribution is -2.08. The fourth-order valence-corrected chi connectivity index (χ4v) is 0.546. The lowest BCUT2D eigenvalue weighted by Gasteiger charge is -1.98. The second kappa shape index (κ2) is 5.42. The van der Waals surface area contributed by atoms with Gasteiger partial charge in [0.25, 0.3) is 0 Å². The van der Waals surface area contributed by atoms with Crippen molar-refractivity contribution >= 4 is 0 Å². The molecule has 0 aliphatic carbocycles. The topological polar surface area (TPSA) is 12.0 Å². The Labute approximate surface area is 57.5 Å². The van der Waals surface area contributed by atoms with Crippen molar-refractivity contribution in [2.75, 3.05) is 6.54 Å². The molecule has 52 valence electrons. The third-order valence-electron chi connectivity index (χ3n) is 0.959. The van der Waals surface area contributed by atoms with E-state index in [2.05, 4.69) is 31.8 Å². The van der Waals surface area contributed by atoms with Gasteiger partial charge in [-0.25, -0.2) is 0 Å². The minimum Gasteiger partial charge on any atom is -0.386 e. The lowest BCUT2D eigenvalue weighted by molar-refractivity contribution is 0.881. The number of hydrogen-bond donors (Lipinski definition) is 1. The zero-order valence-corrected chi connectivity index (χ0v) is 6.28. The Kier molecular flexibility index (Phi) is 4.98. The van der Waals surface area contributed by atoms with Gasteiger partial charge in [0.05, 0.1) is 0 Å². The quantitative estimate of drug-likeness (QED) is 0.567. The summed E-state index contributed by atoms with van der Waals surface area (Å²) in [7, 11) is 0. The third-order valence-corrected chi connectivity index (χ3v) is 0.959. The maximum absolute atomic E-state index is 3.78. The molecule has 0 saturated heterocycles. The highest BCUT2D eigenvalue weighted by Gasteiger charge is 1.78. The summed E-state index contributed by atoms with van der Waals surface area (Å²) in [5, 5.41) is 3.10. The van der Waals surface area contributed by atoms with Crippen LogP contribution in [-0.4, -0.2) is 6.54 Å². The SMILES string of the molecule is C=C(/C=C\CC)NCC. The van der Waals surface area contributed by atoms with E-state index in [-0.39, 0.29) is 0 Å². The van der Waals surface area contributed by atoms with E-state index >= 15 is 0 Å². The second-order valence-electron chi connectivity index (χ2n) is 1.87. The highest BCUT2D eigenvalue weighted by atomic mass is 14.8. The van der Waals surface area contributed by atoms with Crippen LogP contribution in [0.15, 0.2) is 24.4 Å². The first-order chi connectivity index (χ1) is 4.31. The molecule has 0 aliphatic rings. The van der Waals surface area contributed by atoms with Crippen LogP contribution >= 0.6 is 0 Å². The molecule has 0 aromatic heterocycles. The Hall–Kier alpha value is -0.720. The average Bonchev–Trinajstić information content (AvgIpc) is 1.85. The van der Waals surface area contributed by atoms with Gasteiger partial charge < -0.3 is 5.32 Å². The number of hydrogen-bond acceptors (Lipinski definition) is 1. The van der Waals surface area contributed by atoms with Crippen LogP contribution in [0.3, 0.4) is 0 Å². The Morgan fingerprint density at radius 1 is 1.56 bits per heavy atom. The zero-order chi connectivity index (χ0) is 7.11. The van der Waals surface area contributed by atoms with Gasteiger partial charge in [-0.05, 0) is 19.4 Å². The van der Waals surface area contributed by atoms with Crippen LogP contribution in [0, 0.1) is 0 Å². The number of rotatable bonds is 4. The van der Waals surface area contributed by atoms with E-state index in [1.807, 2.05) is 6.08 Å². The van der Waals surface area contributed by atoms with Crippen LogP contribution in [0.25, 0.3) is 0 Å². The molecule has 1 nitrogen and oxygen atoms in total. The predicted octanol–water partition coefficient (Wildman–Crippen LogP) is 2.08. The predicted molar refractivity (Wildman–Crippen MR) is 42.2 cm³/mol. The van der Waals surface area contributed by atoms with E-state index in [4.69, 9.17) is 0 Å². The molecule has 0 heterocycles. The molecule has 1 heteroatoms. The van der Waals surface area contributed by atoms with Gasteiger partial charge in [0.15, 0.2) is 0 Å². The molecule has 9 heavy (non-hydrogen) atoms. The molecule has 1 N–H and O–H groups in total. The minimum atomic E-state index is 0.951. The van der Waals surface area contributed by atoms with Gasteiger partial charge in [-0.2, -0.15) is 0 Å². The monoisotopic (exact) mass is 125 g/mol. The lowest BCUT2D eigenvalue weighted by atomic mass is 10.3. The van der Waals surface area contributed by atoms with Crippen molar-refractivity contribution in [3.8, 4) is 0 Å². The molecule has 0 spiro atoms. The number of likely N-dealkylation sites (N-methyl/N-ethyl adjacent to an activating group) is 1. The summed E-state index contributed by atoms with van der Waals surface area (Å²) in [6.07, 6.45) is 5.17. The fourth-order valence-electron chi connectivity index (χ4n) is 0.546. The summed E-state index contributed by atoms with van der Waals surface area (Å²) in [4.78, 5) is 0. The van der Waals surface area contributed by atoms with E-state index in [0.29, 0.717) is 0 Å². The van der Waals surface area contributed by atoms with Crippen molar-refractivity contribution in [3.05, 3.63) is 24.4 Å². The highest BCUT2D eigenvalue weighted by Crippen LogP contribution is 1.87. The summed E-state index contributed by atoms with van der Waals surface area (Å²) < 4.78 is 0. The van der Waals surface area contributed by atoms with Gasteiger partial charge in [0.1, 0.15) is 0 Å². The van der Waals surface area contributed by atoms with Crippen LogP contribution in [0.1, 0.15) is 20.3 Å². The fraction of sp³-hybridized carbons (Fsp3) is 0.500. The Bertz CT molecular complexity index is 103. The van der Waals surface area contributed by atoms with E-state index in [1.165, 1.54) is 0 Å². The summed E-state index contributed by atoms with van der Waals surface area (Å²) in [5.41, 5.74) is 0.999. The van der Waals surface area contributed by atoms with Gasteiger partial charge in [0, 0.05) is 12.2 Å². The largest absolute Gasteiger partial charge is 0.386 e. The van der Waals surface area contributed by atoms with Crippen molar-refractivity contribution in [1.82, 2.24) is 5.32 Å². The van der Waals surface area contributed by atoms with Crippen molar-refractivity contribution in [2.24, 2.45) is 0 Å². The normalized spacial score (nSPS) is 10.0. The van der Waals surface area contributed by atoms with Crippen molar-refractivity contribution < 1.29 is 0 Å². The smallest absolute Gasteiger partial charge is 0.0263 e. The zero-order valence-electron chi connectivity index (χ0n) is 6.28. The molecule has 0 saturated carbocycles. The molecule has 0 fully saturated rings. The van der Waals surface area contributed by atoms with Crippen LogP contribution in [0.4, 0.5) is 0 Å². The molecule has 0 aliphatic heterocycles. The molecule has 0 aromatic carbocycles. The Morgan fingerprint density at radius 2 is 2.22 bits per heavy atom. The van der Waals surface area contributed by atoms with Crippen molar-refractivity contribution in [3.63, 3.8) is 0 Å². The molecule has 0 bridgehead atoms. The molecule has 0 aromatic rings. The number of allylic oxidation sites excluding steroid dienone is 2. The molecule has 0 amide bonds. The third kappa shape index (κ3) is 5.15. The molecule has 0 radical (unpaired) electrons. The minimum absolute atomic E-state index is 0.951. The number of nitrogens with one attached hydrogen (secondary N) is 1. The van der Waals surface area contributed by atoms with Gasteiger partial charge >= 0.3 is 0 Å². The standard InChI is InChI=1S/C8H15N/c1-4-6-7-8(3)9-5-2/h6-7,9H,3-5H2,1-2H3/b7-6-. The van der Waals surface area contributed by atoms with Crippen molar-refractivity contribution in [1.29, 1.82) is 0 Å². The van der Waals surface area contributed by atoms with Gasteiger partial charge in [-0.1, -0.05) is 19.6 Å². The van der Waals surface area contributed by atoms with E-state index in [9.17, 15) is 0 Å². The van der Waals surface area contributed by atoms with Crippen LogP contribution in [0.5, 0.6) is 0 Å². The van der Waals surface area contributed by atoms with E-state index in [1.54, 1.807) is 0 Å². The maximum Gasteiger partial charge on any atom is 0.0263 e. The van der Waals surface area contributed by atoms with Crippen LogP contribution < -0.4 is 5.32 Å². The summed E-state index contributed by atoms with van der Waals surface area (Å²) in [6.45, 7) is 8.90. The van der Waals surface area contributed by atoms with Gasteiger partial charge in [-0.3, -0.25) is 0 Å². The molecular weight excluding hydrogens is 110 g/mol. The average molecular weight is 125 g/mol. The first-order valence-electron chi connectivity index (χ1n) is 3.40. The van der Waals surface area contributed by atoms with Gasteiger partial charge in [-0.15, -0.1) is 0 Å². The van der Waals surface area contributed by atoms with Crippen LogP contribution in [0.2, 0.25) is 0 Å². The van der Waals surface area contributed by atoms with E-state index < -0.39 is 0 Å². The van der Waals surface area contributed by atoms with Crippen molar-refractivity contribution in [2.45, 2.75) is 20.3 Å². The molecule has 0 atom stereocenters. The van der Waals surface area contributed by atoms with E-state index in [0.717, 1.165) is 18.7 Å². The second-order valence-corrected chi connectivity index (χ2v) is 1.87. The summed E-state index contributed by atoms with van der Waals surface area (Å²) in [6, 6.07) is 0. The Morgan fingerprint density at radius 3 is 2.67 bits per heavy atom. The van der Waals surface area contributed by atoms with Crippen LogP contribution in [-0.2, 0) is 0 Å². The first kappa shape index (κ1) is 8.28. The Balaban J connectivity index is 3.37. The maximum atomic E-state index is 3.78. The summed E-state index contributed by atoms with van der Waals surface area (Å²) in [5.74, 6) is 0. The molecule has 0 rings (SSSR count). The molecular formula is C8H15N. The summed E-state index contributed by atoms with van der Waals surface area (Å²) >= 11 is 0. The first-order valence-corrected chi connectivity index (χ1v) is 3.40. The highest BCUT2D eigenvalue weighted by molar-refractivity contribution is 5.11. The van der Waals surface area contributed by atoms with Gasteiger partial charge in [0.2, 0.25) is 0 Å². The molecule has 0 unspecified atom stereocenters.